The maximum Gasteiger partial charge on any atom is 0.269 e. The first-order valence-electron chi connectivity index (χ1n) is 20.1. The number of aliphatic hydroxyl groups is 2. The summed E-state index contributed by atoms with van der Waals surface area (Å²) >= 11 is 0. The second-order valence-electron chi connectivity index (χ2n) is 15.2. The molecule has 59 heavy (non-hydrogen) atoms. The van der Waals surface area contributed by atoms with Gasteiger partial charge < -0.3 is 34.2 Å². The number of non-ortho nitro benzene ring substituents is 1. The Bertz CT molecular complexity index is 2080. The third-order valence-corrected chi connectivity index (χ3v) is 11.6. The number of benzene rings is 3. The topological polar surface area (TPSA) is 177 Å². The van der Waals surface area contributed by atoms with Crippen LogP contribution in [0, 0.1) is 39.2 Å². The van der Waals surface area contributed by atoms with Crippen LogP contribution in [0.3, 0.4) is 0 Å². The number of ether oxygens (including phenoxy) is 3. The Kier molecular flexibility index (Phi) is 14.3. The van der Waals surface area contributed by atoms with Crippen molar-refractivity contribution in [2.75, 3.05) is 33.5 Å². The number of amides is 1. The molecular formula is C46H52N4O9. The molecule has 2 aliphatic carbocycles. The van der Waals surface area contributed by atoms with Gasteiger partial charge in [0.15, 0.2) is 0 Å². The zero-order valence-electron chi connectivity index (χ0n) is 33.4. The fourth-order valence-corrected chi connectivity index (χ4v) is 8.90. The molecule has 3 aromatic carbocycles. The molecule has 3 aliphatic rings. The van der Waals surface area contributed by atoms with Gasteiger partial charge in [0.05, 0.1) is 34.8 Å². The highest BCUT2D eigenvalue weighted by atomic mass is 16.7. The molecule has 0 radical (unpaired) electrons. The molecule has 6 atom stereocenters. The lowest BCUT2D eigenvalue weighted by Crippen LogP contribution is -2.69. The Morgan fingerprint density at radius 3 is 2.41 bits per heavy atom. The van der Waals surface area contributed by atoms with Crippen molar-refractivity contribution in [3.63, 3.8) is 0 Å². The third kappa shape index (κ3) is 9.25. The first-order chi connectivity index (χ1) is 28.7. The van der Waals surface area contributed by atoms with E-state index in [9.17, 15) is 30.4 Å². The highest BCUT2D eigenvalue weighted by Crippen LogP contribution is 2.62. The van der Waals surface area contributed by atoms with Gasteiger partial charge in [0.1, 0.15) is 30.8 Å². The molecule has 0 saturated heterocycles. The molecule has 13 heteroatoms. The summed E-state index contributed by atoms with van der Waals surface area (Å²) in [6, 6.07) is 19.7. The first-order valence-corrected chi connectivity index (χ1v) is 20.1. The van der Waals surface area contributed by atoms with Crippen LogP contribution in [-0.2, 0) is 16.2 Å². The number of aliphatic hydroxyl groups excluding tert-OH is 2. The van der Waals surface area contributed by atoms with E-state index in [0.717, 1.165) is 36.8 Å². The van der Waals surface area contributed by atoms with Crippen LogP contribution >= 0.6 is 0 Å². The first kappa shape index (κ1) is 42.8. The number of nitriles is 1. The molecule has 0 spiro atoms. The van der Waals surface area contributed by atoms with Crippen molar-refractivity contribution in [1.82, 2.24) is 4.90 Å². The quantitative estimate of drug-likeness (QED) is 0.0500. The molecule has 6 unspecified atom stereocenters. The highest BCUT2D eigenvalue weighted by molar-refractivity contribution is 6.03. The Morgan fingerprint density at radius 2 is 1.75 bits per heavy atom. The van der Waals surface area contributed by atoms with E-state index in [4.69, 9.17) is 24.2 Å². The number of rotatable bonds is 20. The lowest BCUT2D eigenvalue weighted by Gasteiger charge is -2.59. The Morgan fingerprint density at radius 1 is 1.03 bits per heavy atom. The van der Waals surface area contributed by atoms with Crippen molar-refractivity contribution in [3.8, 4) is 17.6 Å². The summed E-state index contributed by atoms with van der Waals surface area (Å²) in [6.07, 6.45) is 10.2. The van der Waals surface area contributed by atoms with Gasteiger partial charge in [-0.3, -0.25) is 14.9 Å². The average Bonchev–Trinajstić information content (AvgIpc) is 3.26. The van der Waals surface area contributed by atoms with Crippen LogP contribution in [0.25, 0.3) is 0 Å². The van der Waals surface area contributed by atoms with E-state index < -0.39 is 22.7 Å². The number of carbonyl (C=O) groups excluding carboxylic acids is 1. The van der Waals surface area contributed by atoms with Crippen molar-refractivity contribution in [3.05, 3.63) is 136 Å². The van der Waals surface area contributed by atoms with Gasteiger partial charge in [0, 0.05) is 55.9 Å². The molecule has 0 aromatic heterocycles. The van der Waals surface area contributed by atoms with Crippen molar-refractivity contribution in [1.29, 1.82) is 5.26 Å². The third-order valence-electron chi connectivity index (χ3n) is 11.6. The summed E-state index contributed by atoms with van der Waals surface area (Å²) in [7, 11) is 1.72. The van der Waals surface area contributed by atoms with Gasteiger partial charge in [-0.05, 0) is 103 Å². The van der Waals surface area contributed by atoms with E-state index in [0.29, 0.717) is 53.3 Å². The van der Waals surface area contributed by atoms with Crippen LogP contribution in [0.1, 0.15) is 77.9 Å². The number of allylic oxidation sites excluding steroid dienone is 1. The Hall–Kier alpha value is -5.81. The molecule has 1 fully saturated rings. The van der Waals surface area contributed by atoms with Crippen LogP contribution in [0.4, 0.5) is 5.69 Å². The standard InChI is InChI=1S/C46H52N4O9/c1-4-24-56-36-20-21-41-39(27-36)43-37(11-7-9-23-52)34(10-6-8-22-51)26-38-40(48-58-30-32-14-18-35(19-15-32)50(54)55)28-42(46(59-41,44(38)43)57-25-5-2)49(3)45(53)33-16-12-31(29-47)13-17-33/h4-5,12-21,26-27,34,37,42-44,51-52H,1-2,6-11,22-25,28,30H2,3H3. The highest BCUT2D eigenvalue weighted by Gasteiger charge is 2.65. The Balaban J connectivity index is 1.55. The zero-order chi connectivity index (χ0) is 41.9. The van der Waals surface area contributed by atoms with Crippen LogP contribution in [0.2, 0.25) is 0 Å². The Labute approximate surface area is 345 Å². The van der Waals surface area contributed by atoms with E-state index in [1.807, 2.05) is 18.2 Å². The number of fused-ring (bicyclic) bond motifs is 2. The van der Waals surface area contributed by atoms with E-state index in [-0.39, 0.29) is 62.2 Å². The monoisotopic (exact) mass is 804 g/mol. The van der Waals surface area contributed by atoms with E-state index >= 15 is 0 Å². The smallest absolute Gasteiger partial charge is 0.269 e. The van der Waals surface area contributed by atoms with E-state index in [1.54, 1.807) is 60.5 Å². The van der Waals surface area contributed by atoms with Gasteiger partial charge in [-0.1, -0.05) is 42.8 Å². The second-order valence-corrected chi connectivity index (χ2v) is 15.2. The van der Waals surface area contributed by atoms with Crippen molar-refractivity contribution >= 4 is 17.3 Å². The molecule has 13 nitrogen and oxygen atoms in total. The maximum absolute atomic E-state index is 14.5. The number of hydrogen-bond donors (Lipinski definition) is 2. The minimum absolute atomic E-state index is 0.0264. The van der Waals surface area contributed by atoms with Crippen LogP contribution < -0.4 is 9.47 Å². The lowest BCUT2D eigenvalue weighted by atomic mass is 9.55. The van der Waals surface area contributed by atoms with Crippen molar-refractivity contribution in [2.45, 2.75) is 69.3 Å². The van der Waals surface area contributed by atoms with Gasteiger partial charge in [-0.2, -0.15) is 5.26 Å². The number of hydrogen-bond acceptors (Lipinski definition) is 11. The molecule has 1 saturated carbocycles. The molecule has 1 aliphatic heterocycles. The molecule has 0 bridgehead atoms. The molecule has 3 aromatic rings. The summed E-state index contributed by atoms with van der Waals surface area (Å²) in [5.74, 6) is -1.20. The second kappa shape index (κ2) is 19.8. The number of unbranched alkanes of at least 4 members (excludes halogenated alkanes) is 2. The van der Waals surface area contributed by atoms with Gasteiger partial charge in [-0.15, -0.1) is 6.58 Å². The van der Waals surface area contributed by atoms with Gasteiger partial charge in [-0.25, -0.2) is 0 Å². The predicted molar refractivity (Wildman–Crippen MR) is 222 cm³/mol. The number of carbonyl (C=O) groups is 1. The van der Waals surface area contributed by atoms with Crippen LogP contribution in [0.15, 0.2) is 109 Å². The zero-order valence-corrected chi connectivity index (χ0v) is 33.4. The summed E-state index contributed by atoms with van der Waals surface area (Å²) < 4.78 is 20.2. The van der Waals surface area contributed by atoms with Gasteiger partial charge >= 0.3 is 0 Å². The van der Waals surface area contributed by atoms with Crippen molar-refractivity contribution < 1.29 is 39.0 Å². The summed E-state index contributed by atoms with van der Waals surface area (Å²) in [5, 5.41) is 45.2. The normalized spacial score (nSPS) is 23.4. The SMILES string of the molecule is C=CCOc1ccc2c(c1)C1C(CCCCO)C(CCCCO)C=C3C(=NOCc4ccc([N+](=O)[O-])cc4)CC(N(C)C(=O)c4ccc(C#N)cc4)C(OCC=C)(O2)C31. The largest absolute Gasteiger partial charge is 0.490 e. The number of nitro groups is 1. The summed E-state index contributed by atoms with van der Waals surface area (Å²) in [5.41, 5.74) is 3.87. The van der Waals surface area contributed by atoms with Gasteiger partial charge in [0.2, 0.25) is 5.79 Å². The molecular weight excluding hydrogens is 753 g/mol. The number of likely N-dealkylation sites (N-methyl/N-ethyl adjacent to an activating group) is 1. The van der Waals surface area contributed by atoms with Crippen LogP contribution in [-0.4, -0.2) is 77.0 Å². The average molecular weight is 805 g/mol. The fraction of sp³-hybridized carbons (Fsp3) is 0.413. The van der Waals surface area contributed by atoms with Gasteiger partial charge in [0.25, 0.3) is 11.6 Å². The maximum atomic E-state index is 14.5. The minimum Gasteiger partial charge on any atom is -0.490 e. The fourth-order valence-electron chi connectivity index (χ4n) is 8.90. The lowest BCUT2D eigenvalue weighted by molar-refractivity contribution is -0.384. The predicted octanol–water partition coefficient (Wildman–Crippen LogP) is 7.64. The molecule has 1 heterocycles. The summed E-state index contributed by atoms with van der Waals surface area (Å²) in [4.78, 5) is 33.0. The molecule has 1 amide bonds. The van der Waals surface area contributed by atoms with Crippen molar-refractivity contribution in [2.24, 2.45) is 22.9 Å². The van der Waals surface area contributed by atoms with E-state index in [2.05, 4.69) is 25.3 Å². The number of oxime groups is 1. The van der Waals surface area contributed by atoms with Crippen LogP contribution in [0.5, 0.6) is 11.5 Å². The minimum atomic E-state index is -1.44. The van der Waals surface area contributed by atoms with E-state index in [1.165, 1.54) is 12.1 Å². The number of nitrogens with zero attached hydrogens (tertiary/aromatic N) is 4. The molecule has 6 rings (SSSR count). The molecule has 310 valence electrons. The summed E-state index contributed by atoms with van der Waals surface area (Å²) in [6.45, 7) is 8.39. The molecule has 2 N–H and O–H groups in total. The number of nitro benzene ring substituents is 1.